The molecule has 0 fully saturated rings. The highest BCUT2D eigenvalue weighted by atomic mass is 16.5. The predicted molar refractivity (Wildman–Crippen MR) is 96.4 cm³/mol. The first-order valence-electron chi connectivity index (χ1n) is 8.44. The number of benzene rings is 2. The molecule has 1 amide bonds. The lowest BCUT2D eigenvalue weighted by Crippen LogP contribution is -2.37. The van der Waals surface area contributed by atoms with Gasteiger partial charge in [0, 0.05) is 12.2 Å². The number of carbonyl (C=O) groups is 1. The molecule has 0 saturated heterocycles. The topological polar surface area (TPSA) is 50.4 Å². The molecule has 1 unspecified atom stereocenters. The lowest BCUT2D eigenvalue weighted by molar-refractivity contribution is -0.121. The molecule has 0 spiro atoms. The van der Waals surface area contributed by atoms with E-state index in [-0.39, 0.29) is 11.9 Å². The van der Waals surface area contributed by atoms with Crippen LogP contribution in [0.5, 0.6) is 5.75 Å². The highest BCUT2D eigenvalue weighted by molar-refractivity contribution is 5.84. The van der Waals surface area contributed by atoms with E-state index in [1.165, 1.54) is 24.0 Å². The fraction of sp³-hybridized carbons (Fsp3) is 0.350. The average molecular weight is 324 g/mol. The zero-order chi connectivity index (χ0) is 16.9. The third-order valence-electron chi connectivity index (χ3n) is 4.50. The van der Waals surface area contributed by atoms with E-state index in [2.05, 4.69) is 28.8 Å². The van der Waals surface area contributed by atoms with Gasteiger partial charge in [-0.15, -0.1) is 0 Å². The highest BCUT2D eigenvalue weighted by Gasteiger charge is 2.15. The molecule has 2 aromatic rings. The Morgan fingerprint density at radius 1 is 1.12 bits per heavy atom. The van der Waals surface area contributed by atoms with Crippen LogP contribution in [-0.2, 0) is 24.2 Å². The summed E-state index contributed by atoms with van der Waals surface area (Å²) < 4.78 is 5.13. The van der Waals surface area contributed by atoms with Gasteiger partial charge in [-0.1, -0.05) is 18.2 Å². The summed E-state index contributed by atoms with van der Waals surface area (Å²) in [6.45, 7) is 2.40. The second kappa shape index (κ2) is 7.39. The molecule has 0 saturated carbocycles. The van der Waals surface area contributed by atoms with Crippen LogP contribution in [0.15, 0.2) is 42.5 Å². The second-order valence-electron chi connectivity index (χ2n) is 6.27. The summed E-state index contributed by atoms with van der Waals surface area (Å²) >= 11 is 0. The maximum Gasteiger partial charge on any atom is 0.242 e. The van der Waals surface area contributed by atoms with Crippen molar-refractivity contribution in [3.05, 3.63) is 59.2 Å². The maximum absolute atomic E-state index is 12.3. The highest BCUT2D eigenvalue weighted by Crippen LogP contribution is 2.25. The number of nitrogens with one attached hydrogen (secondary N) is 2. The van der Waals surface area contributed by atoms with Crippen LogP contribution in [0.4, 0.5) is 5.69 Å². The molecule has 2 aromatic carbocycles. The van der Waals surface area contributed by atoms with Crippen LogP contribution in [0.1, 0.15) is 30.0 Å². The summed E-state index contributed by atoms with van der Waals surface area (Å²) in [6.07, 6.45) is 3.55. The summed E-state index contributed by atoms with van der Waals surface area (Å²) in [5.74, 6) is 0.808. The summed E-state index contributed by atoms with van der Waals surface area (Å²) in [5.41, 5.74) is 4.92. The van der Waals surface area contributed by atoms with Gasteiger partial charge >= 0.3 is 0 Å². The summed E-state index contributed by atoms with van der Waals surface area (Å²) in [5, 5.41) is 6.26. The molecule has 0 aliphatic heterocycles. The van der Waals surface area contributed by atoms with Gasteiger partial charge in [0.05, 0.1) is 7.11 Å². The molecule has 126 valence electrons. The molecule has 3 rings (SSSR count). The predicted octanol–water partition coefficient (Wildman–Crippen LogP) is 3.30. The lowest BCUT2D eigenvalue weighted by Gasteiger charge is -2.16. The van der Waals surface area contributed by atoms with Gasteiger partial charge in [0.2, 0.25) is 5.91 Å². The number of rotatable bonds is 6. The van der Waals surface area contributed by atoms with Gasteiger partial charge in [-0.05, 0) is 67.1 Å². The Labute approximate surface area is 143 Å². The molecule has 4 nitrogen and oxygen atoms in total. The van der Waals surface area contributed by atoms with E-state index in [1.54, 1.807) is 7.11 Å². The van der Waals surface area contributed by atoms with E-state index in [9.17, 15) is 4.79 Å². The summed E-state index contributed by atoms with van der Waals surface area (Å²) in [4.78, 5) is 12.3. The number of amides is 1. The van der Waals surface area contributed by atoms with Gasteiger partial charge in [0.1, 0.15) is 11.8 Å². The smallest absolute Gasteiger partial charge is 0.242 e. The third-order valence-corrected chi connectivity index (χ3v) is 4.50. The minimum absolute atomic E-state index is 0.00804. The molecular weight excluding hydrogens is 300 g/mol. The number of anilines is 1. The number of aryl methyl sites for hydroxylation is 2. The Morgan fingerprint density at radius 3 is 2.62 bits per heavy atom. The van der Waals surface area contributed by atoms with E-state index in [0.717, 1.165) is 23.4 Å². The Kier molecular flexibility index (Phi) is 5.04. The standard InChI is InChI=1S/C20H24N2O2/c1-14(22-18-9-8-16-4-3-5-17(16)12-18)20(23)21-13-15-6-10-19(24-2)11-7-15/h6-12,14,22H,3-5,13H2,1-2H3,(H,21,23). The Balaban J connectivity index is 1.52. The van der Waals surface area contributed by atoms with Crippen molar-refractivity contribution in [1.29, 1.82) is 0 Å². The van der Waals surface area contributed by atoms with Crippen molar-refractivity contribution >= 4 is 11.6 Å². The van der Waals surface area contributed by atoms with Crippen molar-refractivity contribution in [1.82, 2.24) is 5.32 Å². The van der Waals surface area contributed by atoms with Gasteiger partial charge < -0.3 is 15.4 Å². The minimum Gasteiger partial charge on any atom is -0.497 e. The number of ether oxygens (including phenoxy) is 1. The molecular formula is C20H24N2O2. The van der Waals surface area contributed by atoms with E-state index in [0.29, 0.717) is 6.54 Å². The maximum atomic E-state index is 12.3. The van der Waals surface area contributed by atoms with Crippen LogP contribution in [0.2, 0.25) is 0 Å². The first-order chi connectivity index (χ1) is 11.7. The molecule has 0 radical (unpaired) electrons. The van der Waals surface area contributed by atoms with Gasteiger partial charge in [-0.25, -0.2) is 0 Å². The molecule has 1 aliphatic carbocycles. The van der Waals surface area contributed by atoms with Crippen LogP contribution in [0.3, 0.4) is 0 Å². The van der Waals surface area contributed by atoms with Crippen molar-refractivity contribution in [2.75, 3.05) is 12.4 Å². The zero-order valence-electron chi connectivity index (χ0n) is 14.3. The minimum atomic E-state index is -0.275. The zero-order valence-corrected chi connectivity index (χ0v) is 14.3. The first kappa shape index (κ1) is 16.4. The largest absolute Gasteiger partial charge is 0.497 e. The molecule has 2 N–H and O–H groups in total. The van der Waals surface area contributed by atoms with Crippen molar-refractivity contribution in [2.45, 2.75) is 38.8 Å². The average Bonchev–Trinajstić information content (AvgIpc) is 3.07. The quantitative estimate of drug-likeness (QED) is 0.857. The van der Waals surface area contributed by atoms with Crippen LogP contribution in [0, 0.1) is 0 Å². The Hall–Kier alpha value is -2.49. The molecule has 24 heavy (non-hydrogen) atoms. The summed E-state index contributed by atoms with van der Waals surface area (Å²) in [7, 11) is 1.64. The van der Waals surface area contributed by atoms with E-state index in [1.807, 2.05) is 31.2 Å². The Bertz CT molecular complexity index is 710. The van der Waals surface area contributed by atoms with Gasteiger partial charge in [0.25, 0.3) is 0 Å². The lowest BCUT2D eigenvalue weighted by atomic mass is 10.1. The molecule has 4 heteroatoms. The molecule has 1 atom stereocenters. The van der Waals surface area contributed by atoms with Crippen LogP contribution < -0.4 is 15.4 Å². The number of hydrogen-bond donors (Lipinski definition) is 2. The van der Waals surface area contributed by atoms with Crippen molar-refractivity contribution in [3.63, 3.8) is 0 Å². The molecule has 0 aromatic heterocycles. The number of hydrogen-bond acceptors (Lipinski definition) is 3. The second-order valence-corrected chi connectivity index (χ2v) is 6.27. The number of methoxy groups -OCH3 is 1. The monoisotopic (exact) mass is 324 g/mol. The normalized spacial score (nSPS) is 13.9. The third kappa shape index (κ3) is 3.88. The SMILES string of the molecule is COc1ccc(CNC(=O)C(C)Nc2ccc3c(c2)CCC3)cc1. The van der Waals surface area contributed by atoms with Gasteiger partial charge in [-0.3, -0.25) is 4.79 Å². The van der Waals surface area contributed by atoms with Gasteiger partial charge in [-0.2, -0.15) is 0 Å². The van der Waals surface area contributed by atoms with Crippen LogP contribution in [0.25, 0.3) is 0 Å². The van der Waals surface area contributed by atoms with E-state index < -0.39 is 0 Å². The van der Waals surface area contributed by atoms with Crippen molar-refractivity contribution < 1.29 is 9.53 Å². The fourth-order valence-corrected chi connectivity index (χ4v) is 3.06. The summed E-state index contributed by atoms with van der Waals surface area (Å²) in [6, 6.07) is 13.8. The van der Waals surface area contributed by atoms with Crippen molar-refractivity contribution in [3.8, 4) is 5.75 Å². The fourth-order valence-electron chi connectivity index (χ4n) is 3.06. The first-order valence-corrected chi connectivity index (χ1v) is 8.44. The molecule has 1 aliphatic rings. The van der Waals surface area contributed by atoms with E-state index >= 15 is 0 Å². The molecule has 0 bridgehead atoms. The number of fused-ring (bicyclic) bond motifs is 1. The van der Waals surface area contributed by atoms with Crippen LogP contribution in [-0.4, -0.2) is 19.1 Å². The van der Waals surface area contributed by atoms with Crippen molar-refractivity contribution in [2.24, 2.45) is 0 Å². The number of carbonyl (C=O) groups excluding carboxylic acids is 1. The molecule has 0 heterocycles. The van der Waals surface area contributed by atoms with Crippen LogP contribution >= 0.6 is 0 Å². The van der Waals surface area contributed by atoms with E-state index in [4.69, 9.17) is 4.74 Å². The van der Waals surface area contributed by atoms with Gasteiger partial charge in [0.15, 0.2) is 0 Å². The Morgan fingerprint density at radius 2 is 1.88 bits per heavy atom.